The van der Waals surface area contributed by atoms with Crippen LogP contribution in [0.4, 0.5) is 4.39 Å². The van der Waals surface area contributed by atoms with Crippen molar-refractivity contribution in [2.45, 2.75) is 18.6 Å². The van der Waals surface area contributed by atoms with E-state index in [0.717, 1.165) is 36.2 Å². The van der Waals surface area contributed by atoms with E-state index in [9.17, 15) is 4.39 Å². The Morgan fingerprint density at radius 1 is 1.26 bits per heavy atom. The van der Waals surface area contributed by atoms with Gasteiger partial charge >= 0.3 is 0 Å². The average molecular weight is 367 g/mol. The van der Waals surface area contributed by atoms with Crippen LogP contribution in [0.5, 0.6) is 0 Å². The molecule has 0 aliphatic carbocycles. The molecule has 2 fully saturated rings. The van der Waals surface area contributed by atoms with Gasteiger partial charge in [0.1, 0.15) is 11.9 Å². The van der Waals surface area contributed by atoms with E-state index in [-0.39, 0.29) is 17.7 Å². The maximum absolute atomic E-state index is 14.2. The summed E-state index contributed by atoms with van der Waals surface area (Å²) in [7, 11) is 0. The van der Waals surface area contributed by atoms with Crippen LogP contribution in [0.15, 0.2) is 36.4 Å². The molecule has 4 rings (SSSR count). The lowest BCUT2D eigenvalue weighted by molar-refractivity contribution is 0.0290. The van der Waals surface area contributed by atoms with E-state index >= 15 is 0 Å². The highest BCUT2D eigenvalue weighted by molar-refractivity contribution is 5.70. The summed E-state index contributed by atoms with van der Waals surface area (Å²) in [4.78, 5) is 0. The molecule has 27 heavy (non-hydrogen) atoms. The summed E-state index contributed by atoms with van der Waals surface area (Å²) in [5.41, 5.74) is 4.07. The first-order chi connectivity index (χ1) is 13.3. The van der Waals surface area contributed by atoms with Crippen LogP contribution in [-0.2, 0) is 15.9 Å². The summed E-state index contributed by atoms with van der Waals surface area (Å²) in [6.45, 7) is 3.50. The molecule has 2 N–H and O–H groups in total. The normalized spacial score (nSPS) is 22.5. The molecule has 2 aromatic carbocycles. The Morgan fingerprint density at radius 2 is 2.19 bits per heavy atom. The number of ether oxygens (including phenoxy) is 2. The molecule has 140 valence electrons. The summed E-state index contributed by atoms with van der Waals surface area (Å²) in [6, 6.07) is 12.8. The number of hydrogen-bond donors (Lipinski definition) is 2. The molecule has 2 aliphatic rings. The number of halogens is 1. The van der Waals surface area contributed by atoms with Crippen molar-refractivity contribution in [1.29, 1.82) is 5.26 Å². The zero-order valence-corrected chi connectivity index (χ0v) is 15.0. The monoisotopic (exact) mass is 367 g/mol. The Kier molecular flexibility index (Phi) is 5.46. The van der Waals surface area contributed by atoms with Crippen LogP contribution in [0.25, 0.3) is 11.1 Å². The molecule has 2 aliphatic heterocycles. The number of nitrogens with zero attached hydrogens (tertiary/aromatic N) is 1. The topological polar surface area (TPSA) is 66.3 Å². The van der Waals surface area contributed by atoms with Gasteiger partial charge in [-0.05, 0) is 34.4 Å². The van der Waals surface area contributed by atoms with Crippen molar-refractivity contribution in [1.82, 2.24) is 10.6 Å². The maximum atomic E-state index is 14.2. The summed E-state index contributed by atoms with van der Waals surface area (Å²) in [6.07, 6.45) is 0.903. The van der Waals surface area contributed by atoms with Crippen molar-refractivity contribution in [3.05, 3.63) is 58.9 Å². The first-order valence-electron chi connectivity index (χ1n) is 9.21. The van der Waals surface area contributed by atoms with Crippen LogP contribution >= 0.6 is 0 Å². The van der Waals surface area contributed by atoms with Gasteiger partial charge in [0, 0.05) is 19.5 Å². The van der Waals surface area contributed by atoms with Gasteiger partial charge in [0.15, 0.2) is 0 Å². The summed E-state index contributed by atoms with van der Waals surface area (Å²) < 4.78 is 25.6. The maximum Gasteiger partial charge on any atom is 0.141 e. The predicted molar refractivity (Wildman–Crippen MR) is 99.6 cm³/mol. The van der Waals surface area contributed by atoms with Crippen LogP contribution in [0.3, 0.4) is 0 Å². The molecule has 5 nitrogen and oxygen atoms in total. The van der Waals surface area contributed by atoms with Crippen LogP contribution in [0.1, 0.15) is 22.7 Å². The molecule has 0 saturated carbocycles. The lowest BCUT2D eigenvalue weighted by atomic mass is 9.88. The Bertz CT molecular complexity index is 853. The SMILES string of the molecule is N#Cc1ccc(-c2cccc(CC3CNCCO3)c2C2COCN2)cc1F. The molecule has 2 aromatic rings. The fourth-order valence-corrected chi connectivity index (χ4v) is 3.80. The number of hydrogen-bond acceptors (Lipinski definition) is 5. The Balaban J connectivity index is 1.75. The second-order valence-electron chi connectivity index (χ2n) is 6.86. The minimum Gasteiger partial charge on any atom is -0.375 e. The number of nitriles is 1. The Labute approximate surface area is 158 Å². The van der Waals surface area contributed by atoms with Crippen molar-refractivity contribution in [2.24, 2.45) is 0 Å². The molecule has 2 heterocycles. The Hall–Kier alpha value is -2.30. The summed E-state index contributed by atoms with van der Waals surface area (Å²) >= 11 is 0. The lowest BCUT2D eigenvalue weighted by Crippen LogP contribution is -2.39. The quantitative estimate of drug-likeness (QED) is 0.869. The van der Waals surface area contributed by atoms with E-state index in [4.69, 9.17) is 14.7 Å². The van der Waals surface area contributed by atoms with Crippen molar-refractivity contribution < 1.29 is 13.9 Å². The zero-order valence-electron chi connectivity index (χ0n) is 15.0. The van der Waals surface area contributed by atoms with E-state index in [1.807, 2.05) is 18.2 Å². The predicted octanol–water partition coefficient (Wildman–Crippen LogP) is 2.51. The van der Waals surface area contributed by atoms with Gasteiger partial charge in [-0.15, -0.1) is 0 Å². The molecule has 0 spiro atoms. The highest BCUT2D eigenvalue weighted by Gasteiger charge is 2.25. The van der Waals surface area contributed by atoms with Crippen LogP contribution in [0.2, 0.25) is 0 Å². The fourth-order valence-electron chi connectivity index (χ4n) is 3.80. The summed E-state index contributed by atoms with van der Waals surface area (Å²) in [5, 5.41) is 15.7. The molecule has 2 saturated heterocycles. The molecular weight excluding hydrogens is 345 g/mol. The Morgan fingerprint density at radius 3 is 2.89 bits per heavy atom. The van der Waals surface area contributed by atoms with Crippen molar-refractivity contribution >= 4 is 0 Å². The van der Waals surface area contributed by atoms with Gasteiger partial charge in [-0.1, -0.05) is 24.3 Å². The summed E-state index contributed by atoms with van der Waals surface area (Å²) in [5.74, 6) is -0.498. The van der Waals surface area contributed by atoms with Gasteiger partial charge in [-0.3, -0.25) is 5.32 Å². The van der Waals surface area contributed by atoms with Gasteiger partial charge in [-0.25, -0.2) is 4.39 Å². The lowest BCUT2D eigenvalue weighted by Gasteiger charge is -2.26. The first kappa shape index (κ1) is 18.1. The number of nitrogens with one attached hydrogen (secondary N) is 2. The van der Waals surface area contributed by atoms with Crippen molar-refractivity contribution in [2.75, 3.05) is 33.0 Å². The molecule has 0 aromatic heterocycles. The van der Waals surface area contributed by atoms with Gasteiger partial charge in [-0.2, -0.15) is 5.26 Å². The van der Waals surface area contributed by atoms with E-state index < -0.39 is 5.82 Å². The molecular formula is C21H22FN3O2. The van der Waals surface area contributed by atoms with E-state index in [1.165, 1.54) is 17.7 Å². The highest BCUT2D eigenvalue weighted by Crippen LogP contribution is 2.34. The van der Waals surface area contributed by atoms with E-state index in [2.05, 4.69) is 16.7 Å². The largest absolute Gasteiger partial charge is 0.375 e. The third-order valence-corrected chi connectivity index (χ3v) is 5.11. The number of rotatable bonds is 4. The number of morpholine rings is 1. The van der Waals surface area contributed by atoms with Gasteiger partial charge in [0.2, 0.25) is 0 Å². The number of benzene rings is 2. The van der Waals surface area contributed by atoms with Crippen LogP contribution < -0.4 is 10.6 Å². The fraction of sp³-hybridized carbons (Fsp3) is 0.381. The van der Waals surface area contributed by atoms with Gasteiger partial charge < -0.3 is 14.8 Å². The highest BCUT2D eigenvalue weighted by atomic mass is 19.1. The van der Waals surface area contributed by atoms with Gasteiger partial charge in [0.05, 0.1) is 37.7 Å². The standard InChI is InChI=1S/C21H22FN3O2/c22-19-9-14(4-5-16(19)10-23)18-3-1-2-15(8-17-11-24-6-7-27-17)21(18)20-12-26-13-25-20/h1-5,9,17,20,24-25H,6-8,11-13H2. The molecule has 2 unspecified atom stereocenters. The van der Waals surface area contributed by atoms with E-state index in [1.54, 1.807) is 6.07 Å². The average Bonchev–Trinajstić information content (AvgIpc) is 3.23. The molecule has 0 bridgehead atoms. The third-order valence-electron chi connectivity index (χ3n) is 5.11. The van der Waals surface area contributed by atoms with Gasteiger partial charge in [0.25, 0.3) is 0 Å². The molecule has 2 atom stereocenters. The minimum atomic E-state index is -0.498. The van der Waals surface area contributed by atoms with Crippen molar-refractivity contribution in [3.63, 3.8) is 0 Å². The first-order valence-corrected chi connectivity index (χ1v) is 9.21. The van der Waals surface area contributed by atoms with Crippen molar-refractivity contribution in [3.8, 4) is 17.2 Å². The third kappa shape index (κ3) is 3.87. The minimum absolute atomic E-state index is 0.0476. The second-order valence-corrected chi connectivity index (χ2v) is 6.86. The van der Waals surface area contributed by atoms with E-state index in [0.29, 0.717) is 19.9 Å². The molecule has 6 heteroatoms. The second kappa shape index (κ2) is 8.15. The molecule has 0 radical (unpaired) electrons. The zero-order chi connectivity index (χ0) is 18.6. The van der Waals surface area contributed by atoms with Crippen LogP contribution in [0, 0.1) is 17.1 Å². The van der Waals surface area contributed by atoms with Crippen LogP contribution in [-0.4, -0.2) is 39.1 Å². The smallest absolute Gasteiger partial charge is 0.141 e. The molecule has 0 amide bonds.